The smallest absolute Gasteiger partial charge is 0.252 e. The Labute approximate surface area is 141 Å². The minimum Gasteiger partial charge on any atom is -0.352 e. The number of fused-ring (bicyclic) bond motifs is 2. The molecule has 0 spiro atoms. The average molecular weight is 316 g/mol. The second kappa shape index (κ2) is 6.44. The van der Waals surface area contributed by atoms with Crippen molar-refractivity contribution in [2.24, 2.45) is 0 Å². The van der Waals surface area contributed by atoms with Crippen LogP contribution in [-0.2, 0) is 19.3 Å². The van der Waals surface area contributed by atoms with Gasteiger partial charge in [0, 0.05) is 17.6 Å². The lowest BCUT2D eigenvalue weighted by molar-refractivity contribution is 0.0955. The second-order valence-corrected chi connectivity index (χ2v) is 6.27. The van der Waals surface area contributed by atoms with E-state index in [4.69, 9.17) is 4.98 Å². The van der Waals surface area contributed by atoms with Crippen molar-refractivity contribution < 1.29 is 4.79 Å². The van der Waals surface area contributed by atoms with Crippen LogP contribution in [0.25, 0.3) is 10.9 Å². The van der Waals surface area contributed by atoms with Gasteiger partial charge in [0.2, 0.25) is 0 Å². The van der Waals surface area contributed by atoms with E-state index in [0.717, 1.165) is 53.4 Å². The molecule has 4 rings (SSSR count). The summed E-state index contributed by atoms with van der Waals surface area (Å²) < 4.78 is 0. The summed E-state index contributed by atoms with van der Waals surface area (Å²) in [5.41, 5.74) is 5.24. The van der Waals surface area contributed by atoms with Crippen LogP contribution in [-0.4, -0.2) is 17.4 Å². The summed E-state index contributed by atoms with van der Waals surface area (Å²) in [6.07, 6.45) is 3.86. The molecule has 0 saturated carbocycles. The maximum absolute atomic E-state index is 12.9. The molecule has 0 fully saturated rings. The van der Waals surface area contributed by atoms with Crippen molar-refractivity contribution in [3.63, 3.8) is 0 Å². The van der Waals surface area contributed by atoms with E-state index in [1.807, 2.05) is 42.5 Å². The number of hydrogen-bond acceptors (Lipinski definition) is 2. The Morgan fingerprint density at radius 1 is 1.00 bits per heavy atom. The summed E-state index contributed by atoms with van der Waals surface area (Å²) >= 11 is 0. The molecule has 1 aromatic heterocycles. The van der Waals surface area contributed by atoms with E-state index < -0.39 is 0 Å². The largest absolute Gasteiger partial charge is 0.352 e. The van der Waals surface area contributed by atoms with Gasteiger partial charge in [0.25, 0.3) is 5.91 Å². The number of hydrogen-bond donors (Lipinski definition) is 1. The molecule has 1 heterocycles. The maximum Gasteiger partial charge on any atom is 0.252 e. The third-order valence-corrected chi connectivity index (χ3v) is 4.69. The van der Waals surface area contributed by atoms with Crippen molar-refractivity contribution >= 4 is 16.8 Å². The summed E-state index contributed by atoms with van der Waals surface area (Å²) in [5, 5.41) is 4.07. The highest BCUT2D eigenvalue weighted by atomic mass is 16.1. The minimum absolute atomic E-state index is 0.0303. The van der Waals surface area contributed by atoms with Crippen molar-refractivity contribution in [2.75, 3.05) is 6.54 Å². The van der Waals surface area contributed by atoms with E-state index >= 15 is 0 Å². The van der Waals surface area contributed by atoms with Crippen molar-refractivity contribution in [3.05, 3.63) is 77.0 Å². The highest BCUT2D eigenvalue weighted by molar-refractivity contribution is 6.07. The number of pyridine rings is 1. The Morgan fingerprint density at radius 3 is 2.67 bits per heavy atom. The number of nitrogens with zero attached hydrogens (tertiary/aromatic N) is 1. The second-order valence-electron chi connectivity index (χ2n) is 6.27. The third kappa shape index (κ3) is 2.78. The minimum atomic E-state index is 0.0303. The van der Waals surface area contributed by atoms with Gasteiger partial charge in [-0.1, -0.05) is 48.5 Å². The Bertz CT molecular complexity index is 887. The summed E-state index contributed by atoms with van der Waals surface area (Å²) in [6, 6.07) is 18.2. The van der Waals surface area contributed by atoms with E-state index in [2.05, 4.69) is 17.4 Å². The first-order valence-electron chi connectivity index (χ1n) is 8.55. The number of amides is 1. The topological polar surface area (TPSA) is 42.0 Å². The lowest BCUT2D eigenvalue weighted by Crippen LogP contribution is -2.27. The quantitative estimate of drug-likeness (QED) is 0.797. The first-order chi connectivity index (χ1) is 11.8. The van der Waals surface area contributed by atoms with Crippen LogP contribution in [0.4, 0.5) is 0 Å². The Balaban J connectivity index is 1.60. The molecule has 1 amide bonds. The average Bonchev–Trinajstić information content (AvgIpc) is 3.08. The molecular formula is C21H20N2O. The molecule has 1 aliphatic carbocycles. The standard InChI is InChI=1S/C21H20N2O/c24-21(22-14-13-15-7-2-1-3-8-15)20-16-9-4-5-11-18(16)23-19-12-6-10-17(19)20/h1-5,7-9,11H,6,10,12-14H2,(H,22,24). The van der Waals surface area contributed by atoms with E-state index in [1.54, 1.807) is 0 Å². The molecule has 3 aromatic rings. The van der Waals surface area contributed by atoms with Crippen molar-refractivity contribution in [3.8, 4) is 0 Å². The molecule has 24 heavy (non-hydrogen) atoms. The molecule has 120 valence electrons. The molecule has 3 nitrogen and oxygen atoms in total. The normalized spacial score (nSPS) is 13.0. The Morgan fingerprint density at radius 2 is 1.79 bits per heavy atom. The van der Waals surface area contributed by atoms with Crippen LogP contribution < -0.4 is 5.32 Å². The first kappa shape index (κ1) is 14.9. The van der Waals surface area contributed by atoms with Crippen LogP contribution >= 0.6 is 0 Å². The van der Waals surface area contributed by atoms with Gasteiger partial charge in [-0.15, -0.1) is 0 Å². The predicted molar refractivity (Wildman–Crippen MR) is 96.2 cm³/mol. The molecule has 0 unspecified atom stereocenters. The Hall–Kier alpha value is -2.68. The van der Waals surface area contributed by atoms with Gasteiger partial charge in [-0.3, -0.25) is 9.78 Å². The van der Waals surface area contributed by atoms with E-state index in [1.165, 1.54) is 5.56 Å². The highest BCUT2D eigenvalue weighted by Gasteiger charge is 2.23. The number of benzene rings is 2. The molecule has 0 atom stereocenters. The lowest BCUT2D eigenvalue weighted by Gasteiger charge is -2.12. The van der Waals surface area contributed by atoms with Crippen molar-refractivity contribution in [2.45, 2.75) is 25.7 Å². The fourth-order valence-corrected chi connectivity index (χ4v) is 3.52. The van der Waals surface area contributed by atoms with Gasteiger partial charge in [0.15, 0.2) is 0 Å². The fourth-order valence-electron chi connectivity index (χ4n) is 3.52. The van der Waals surface area contributed by atoms with Gasteiger partial charge < -0.3 is 5.32 Å². The molecule has 2 aromatic carbocycles. The molecule has 0 saturated heterocycles. The van der Waals surface area contributed by atoms with Gasteiger partial charge >= 0.3 is 0 Å². The molecule has 1 N–H and O–H groups in total. The number of nitrogens with one attached hydrogen (secondary N) is 1. The number of aromatic nitrogens is 1. The molecular weight excluding hydrogens is 296 g/mol. The SMILES string of the molecule is O=C(NCCc1ccccc1)c1c2c(nc3ccccc13)CCC2. The molecule has 1 aliphatic rings. The zero-order chi connectivity index (χ0) is 16.4. The molecule has 3 heteroatoms. The number of para-hydroxylation sites is 1. The predicted octanol–water partition coefficient (Wildman–Crippen LogP) is 3.70. The van der Waals surface area contributed by atoms with Crippen molar-refractivity contribution in [1.82, 2.24) is 10.3 Å². The van der Waals surface area contributed by atoms with Crippen LogP contribution in [0.5, 0.6) is 0 Å². The van der Waals surface area contributed by atoms with Gasteiger partial charge in [0.05, 0.1) is 11.1 Å². The van der Waals surface area contributed by atoms with Crippen LogP contribution in [0.2, 0.25) is 0 Å². The van der Waals surface area contributed by atoms with Gasteiger partial charge in [0.1, 0.15) is 0 Å². The zero-order valence-corrected chi connectivity index (χ0v) is 13.6. The Kier molecular flexibility index (Phi) is 3.99. The number of aryl methyl sites for hydroxylation is 1. The van der Waals surface area contributed by atoms with Crippen LogP contribution in [0.3, 0.4) is 0 Å². The zero-order valence-electron chi connectivity index (χ0n) is 13.6. The lowest BCUT2D eigenvalue weighted by atomic mass is 10.0. The maximum atomic E-state index is 12.9. The summed E-state index contributed by atoms with van der Waals surface area (Å²) in [6.45, 7) is 0.647. The summed E-state index contributed by atoms with van der Waals surface area (Å²) in [5.74, 6) is 0.0303. The monoisotopic (exact) mass is 316 g/mol. The van der Waals surface area contributed by atoms with Gasteiger partial charge in [-0.05, 0) is 42.9 Å². The number of carbonyl (C=O) groups excluding carboxylic acids is 1. The van der Waals surface area contributed by atoms with Crippen LogP contribution in [0.1, 0.15) is 33.6 Å². The first-order valence-corrected chi connectivity index (χ1v) is 8.55. The third-order valence-electron chi connectivity index (χ3n) is 4.69. The highest BCUT2D eigenvalue weighted by Crippen LogP contribution is 2.29. The van der Waals surface area contributed by atoms with E-state index in [0.29, 0.717) is 6.54 Å². The van der Waals surface area contributed by atoms with Crippen LogP contribution in [0.15, 0.2) is 54.6 Å². The van der Waals surface area contributed by atoms with Gasteiger partial charge in [-0.25, -0.2) is 0 Å². The summed E-state index contributed by atoms with van der Waals surface area (Å²) in [4.78, 5) is 17.6. The van der Waals surface area contributed by atoms with Crippen molar-refractivity contribution in [1.29, 1.82) is 0 Å². The van der Waals surface area contributed by atoms with E-state index in [-0.39, 0.29) is 5.91 Å². The number of carbonyl (C=O) groups is 1. The van der Waals surface area contributed by atoms with E-state index in [9.17, 15) is 4.79 Å². The molecule has 0 aliphatic heterocycles. The van der Waals surface area contributed by atoms with Crippen LogP contribution in [0, 0.1) is 0 Å². The molecule has 0 bridgehead atoms. The summed E-state index contributed by atoms with van der Waals surface area (Å²) in [7, 11) is 0. The number of rotatable bonds is 4. The fraction of sp³-hybridized carbons (Fsp3) is 0.238. The van der Waals surface area contributed by atoms with Gasteiger partial charge in [-0.2, -0.15) is 0 Å². The molecule has 0 radical (unpaired) electrons.